The summed E-state index contributed by atoms with van der Waals surface area (Å²) in [5.41, 5.74) is 18.3. The summed E-state index contributed by atoms with van der Waals surface area (Å²) in [6, 6.07) is 64.1. The van der Waals surface area contributed by atoms with Crippen molar-refractivity contribution in [3.8, 4) is 33.4 Å². The molecule has 0 aliphatic heterocycles. The molecule has 0 saturated heterocycles. The van der Waals surface area contributed by atoms with Crippen LogP contribution in [0.4, 0.5) is 17.1 Å². The quantitative estimate of drug-likeness (QED) is 0.143. The maximum Gasteiger partial charge on any atom is 0.0691 e. The summed E-state index contributed by atoms with van der Waals surface area (Å²) in [6.45, 7) is 4.68. The van der Waals surface area contributed by atoms with Crippen molar-refractivity contribution in [3.05, 3.63) is 194 Å². The summed E-state index contributed by atoms with van der Waals surface area (Å²) in [6.07, 6.45) is 0. The summed E-state index contributed by atoms with van der Waals surface area (Å²) < 4.78 is 0. The molecule has 0 bridgehead atoms. The maximum absolute atomic E-state index is 6.58. The zero-order valence-electron chi connectivity index (χ0n) is 26.6. The van der Waals surface area contributed by atoms with Gasteiger partial charge in [0.05, 0.1) is 11.4 Å². The lowest BCUT2D eigenvalue weighted by atomic mass is 9.85. The van der Waals surface area contributed by atoms with E-state index >= 15 is 0 Å². The third kappa shape index (κ3) is 5.20. The number of benzene rings is 8. The lowest BCUT2D eigenvalue weighted by Crippen LogP contribution is -2.16. The second-order valence-corrected chi connectivity index (χ2v) is 12.0. The van der Waals surface area contributed by atoms with E-state index in [2.05, 4.69) is 157 Å². The third-order valence-corrected chi connectivity index (χ3v) is 9.16. The fourth-order valence-corrected chi connectivity index (χ4v) is 6.88. The van der Waals surface area contributed by atoms with Crippen molar-refractivity contribution in [2.45, 2.75) is 0 Å². The van der Waals surface area contributed by atoms with Crippen LogP contribution in [0.15, 0.2) is 189 Å². The van der Waals surface area contributed by atoms with E-state index in [1.54, 1.807) is 0 Å². The van der Waals surface area contributed by atoms with Crippen LogP contribution in [-0.4, -0.2) is 0 Å². The molecule has 0 aliphatic carbocycles. The molecule has 8 rings (SSSR count). The average molecular weight is 615 g/mol. The minimum atomic E-state index is 0.695. The molecule has 8 aromatic rings. The Morgan fingerprint density at radius 1 is 0.417 bits per heavy atom. The molecular weight excluding hydrogens is 581 g/mol. The van der Waals surface area contributed by atoms with Crippen LogP contribution in [0.1, 0.15) is 5.56 Å². The number of nitrogens with two attached hydrogens (primary N) is 1. The predicted molar refractivity (Wildman–Crippen MR) is 206 cm³/mol. The molecular formula is C46H34N2. The van der Waals surface area contributed by atoms with Crippen LogP contribution >= 0.6 is 0 Å². The first-order valence-electron chi connectivity index (χ1n) is 16.3. The molecule has 0 saturated carbocycles. The molecule has 2 nitrogen and oxygen atoms in total. The second-order valence-electron chi connectivity index (χ2n) is 12.0. The van der Waals surface area contributed by atoms with Gasteiger partial charge in [-0.25, -0.2) is 0 Å². The first-order chi connectivity index (χ1) is 23.7. The smallest absolute Gasteiger partial charge is 0.0691 e. The molecule has 0 spiro atoms. The van der Waals surface area contributed by atoms with E-state index in [0.29, 0.717) is 5.69 Å². The highest BCUT2D eigenvalue weighted by Crippen LogP contribution is 2.45. The molecule has 8 aromatic carbocycles. The molecule has 228 valence electrons. The first kappa shape index (κ1) is 29.1. The molecule has 0 radical (unpaired) electrons. The summed E-state index contributed by atoms with van der Waals surface area (Å²) in [4.78, 5) is 2.16. The van der Waals surface area contributed by atoms with Crippen LogP contribution in [-0.2, 0) is 0 Å². The second kappa shape index (κ2) is 12.4. The van der Waals surface area contributed by atoms with Gasteiger partial charge in [0, 0.05) is 11.4 Å². The van der Waals surface area contributed by atoms with Gasteiger partial charge in [-0.05, 0) is 90.8 Å². The van der Waals surface area contributed by atoms with Gasteiger partial charge in [-0.3, -0.25) is 0 Å². The molecule has 0 fully saturated rings. The molecule has 48 heavy (non-hydrogen) atoms. The van der Waals surface area contributed by atoms with Crippen LogP contribution in [0.5, 0.6) is 0 Å². The molecule has 2 heteroatoms. The molecule has 0 amide bonds. The van der Waals surface area contributed by atoms with Crippen molar-refractivity contribution >= 4 is 44.3 Å². The van der Waals surface area contributed by atoms with Crippen molar-refractivity contribution < 1.29 is 0 Å². The fourth-order valence-electron chi connectivity index (χ4n) is 6.88. The summed E-state index contributed by atoms with van der Waals surface area (Å²) in [7, 11) is 0. The molecule has 0 aliphatic rings. The van der Waals surface area contributed by atoms with Gasteiger partial charge in [-0.1, -0.05) is 158 Å². The SMILES string of the molecule is C=C(c1ccc2c(-c3ccc(-c4ccccc4)cc3)c3ccccc3c(-c3ccccc3)c2c1)N(c1ccccc1)c1ccccc1N. The summed E-state index contributed by atoms with van der Waals surface area (Å²) in [5, 5.41) is 4.82. The molecule has 0 atom stereocenters. The number of para-hydroxylation sites is 3. The van der Waals surface area contributed by atoms with Gasteiger partial charge in [-0.15, -0.1) is 0 Å². The van der Waals surface area contributed by atoms with Gasteiger partial charge < -0.3 is 10.6 Å². The van der Waals surface area contributed by atoms with E-state index in [4.69, 9.17) is 5.73 Å². The number of anilines is 3. The average Bonchev–Trinajstić information content (AvgIpc) is 3.15. The topological polar surface area (TPSA) is 29.3 Å². The molecule has 0 unspecified atom stereocenters. The van der Waals surface area contributed by atoms with E-state index in [0.717, 1.165) is 22.6 Å². The van der Waals surface area contributed by atoms with E-state index < -0.39 is 0 Å². The highest BCUT2D eigenvalue weighted by molar-refractivity contribution is 6.22. The summed E-state index contributed by atoms with van der Waals surface area (Å²) in [5.74, 6) is 0. The number of nitrogen functional groups attached to an aromatic ring is 1. The highest BCUT2D eigenvalue weighted by Gasteiger charge is 2.21. The van der Waals surface area contributed by atoms with Gasteiger partial charge in [-0.2, -0.15) is 0 Å². The largest absolute Gasteiger partial charge is 0.397 e. The van der Waals surface area contributed by atoms with Crippen LogP contribution in [0.2, 0.25) is 0 Å². The van der Waals surface area contributed by atoms with Gasteiger partial charge in [0.25, 0.3) is 0 Å². The third-order valence-electron chi connectivity index (χ3n) is 9.16. The Hall–Kier alpha value is -6.38. The van der Waals surface area contributed by atoms with E-state index in [1.165, 1.54) is 54.9 Å². The maximum atomic E-state index is 6.58. The van der Waals surface area contributed by atoms with Crippen molar-refractivity contribution in [2.75, 3.05) is 10.6 Å². The molecule has 0 aromatic heterocycles. The van der Waals surface area contributed by atoms with Gasteiger partial charge in [0.2, 0.25) is 0 Å². The Bertz CT molecular complexity index is 2390. The lowest BCUT2D eigenvalue weighted by molar-refractivity contribution is 1.30. The number of hydrogen-bond acceptors (Lipinski definition) is 2. The van der Waals surface area contributed by atoms with E-state index in [9.17, 15) is 0 Å². The van der Waals surface area contributed by atoms with Crippen LogP contribution in [0.25, 0.3) is 60.6 Å². The number of hydrogen-bond donors (Lipinski definition) is 1. The number of rotatable bonds is 7. The highest BCUT2D eigenvalue weighted by atomic mass is 15.2. The lowest BCUT2D eigenvalue weighted by Gasteiger charge is -2.29. The molecule has 2 N–H and O–H groups in total. The Morgan fingerprint density at radius 2 is 0.875 bits per heavy atom. The minimum Gasteiger partial charge on any atom is -0.397 e. The monoisotopic (exact) mass is 614 g/mol. The standard InChI is InChI=1S/C46H34N2/c1-32(48(38-19-9-4-10-20-38)44-24-14-13-23-43(44)47)37-29-30-41-42(31-37)46(35-17-7-3-8-18-35)40-22-12-11-21-39(40)45(41)36-27-25-34(26-28-36)33-15-5-2-6-16-33/h2-31H,1,47H2. The van der Waals surface area contributed by atoms with Gasteiger partial charge in [0.15, 0.2) is 0 Å². The van der Waals surface area contributed by atoms with Gasteiger partial charge >= 0.3 is 0 Å². The predicted octanol–water partition coefficient (Wildman–Crippen LogP) is 12.4. The van der Waals surface area contributed by atoms with Crippen molar-refractivity contribution in [1.29, 1.82) is 0 Å². The van der Waals surface area contributed by atoms with Crippen LogP contribution < -0.4 is 10.6 Å². The Balaban J connectivity index is 1.37. The first-order valence-corrected chi connectivity index (χ1v) is 16.3. The summed E-state index contributed by atoms with van der Waals surface area (Å²) >= 11 is 0. The van der Waals surface area contributed by atoms with Crippen molar-refractivity contribution in [3.63, 3.8) is 0 Å². The van der Waals surface area contributed by atoms with Crippen LogP contribution in [0, 0.1) is 0 Å². The van der Waals surface area contributed by atoms with E-state index in [-0.39, 0.29) is 0 Å². The zero-order chi connectivity index (χ0) is 32.5. The van der Waals surface area contributed by atoms with Gasteiger partial charge in [0.1, 0.15) is 0 Å². The van der Waals surface area contributed by atoms with Crippen LogP contribution in [0.3, 0.4) is 0 Å². The Morgan fingerprint density at radius 3 is 1.52 bits per heavy atom. The minimum absolute atomic E-state index is 0.695. The normalized spacial score (nSPS) is 11.1. The fraction of sp³-hybridized carbons (Fsp3) is 0. The number of fused-ring (bicyclic) bond motifs is 2. The van der Waals surface area contributed by atoms with Crippen molar-refractivity contribution in [1.82, 2.24) is 0 Å². The Kier molecular flexibility index (Phi) is 7.52. The van der Waals surface area contributed by atoms with Crippen molar-refractivity contribution in [2.24, 2.45) is 0 Å². The number of nitrogens with zero attached hydrogens (tertiary/aromatic N) is 1. The molecule has 0 heterocycles. The zero-order valence-corrected chi connectivity index (χ0v) is 26.6. The Labute approximate surface area is 281 Å². The van der Waals surface area contributed by atoms with E-state index in [1.807, 2.05) is 36.4 Å².